The minimum absolute atomic E-state index is 0.0181. The Morgan fingerprint density at radius 3 is 2.33 bits per heavy atom. The number of nitrogens with zero attached hydrogens (tertiary/aromatic N) is 1. The average Bonchev–Trinajstić information content (AvgIpc) is 2.93. The normalized spacial score (nSPS) is 16.4. The summed E-state index contributed by atoms with van der Waals surface area (Å²) < 4.78 is 9.50. The van der Waals surface area contributed by atoms with Crippen LogP contribution >= 0.6 is 11.6 Å². The largest absolute Gasteiger partial charge is 0.469 e. The zero-order valence-electron chi connectivity index (χ0n) is 14.7. The highest BCUT2D eigenvalue weighted by atomic mass is 35.5. The number of esters is 2. The first-order chi connectivity index (χ1) is 12.9. The fourth-order valence-corrected chi connectivity index (χ4v) is 3.38. The van der Waals surface area contributed by atoms with Crippen LogP contribution in [0.4, 0.5) is 5.69 Å². The molecule has 0 fully saturated rings. The van der Waals surface area contributed by atoms with Gasteiger partial charge < -0.3 is 9.47 Å². The number of benzene rings is 1. The highest BCUT2D eigenvalue weighted by molar-refractivity contribution is 6.35. The number of anilines is 1. The maximum Gasteiger partial charge on any atom is 0.339 e. The molecule has 1 aliphatic heterocycles. The first-order valence-electron chi connectivity index (χ1n) is 8.58. The van der Waals surface area contributed by atoms with E-state index in [1.165, 1.54) is 25.3 Å². The van der Waals surface area contributed by atoms with Gasteiger partial charge in [0.25, 0.3) is 11.8 Å². The molecule has 0 saturated heterocycles. The van der Waals surface area contributed by atoms with Gasteiger partial charge in [-0.25, -0.2) is 9.69 Å². The predicted molar refractivity (Wildman–Crippen MR) is 96.4 cm³/mol. The molecule has 0 saturated carbocycles. The third kappa shape index (κ3) is 3.73. The van der Waals surface area contributed by atoms with Crippen LogP contribution in [0.3, 0.4) is 0 Å². The standard InChI is InChI=1S/C19H18ClNO6/c1-26-16(22)8-9-27-19(25)14-10-11(6-7-15(14)20)21-17(23)12-4-2-3-5-13(12)18(21)24/h6-7,10H,2-5,8-9H2,1H3. The number of carbonyl (C=O) groups excluding carboxylic acids is 4. The second-order valence-electron chi connectivity index (χ2n) is 6.24. The molecule has 142 valence electrons. The van der Waals surface area contributed by atoms with Crippen LogP contribution in [0.2, 0.25) is 5.02 Å². The van der Waals surface area contributed by atoms with Crippen LogP contribution in [0.5, 0.6) is 0 Å². The van der Waals surface area contributed by atoms with E-state index in [1.807, 2.05) is 0 Å². The Kier molecular flexibility index (Phi) is 5.60. The molecule has 1 aromatic rings. The molecular formula is C19H18ClNO6. The molecule has 1 aromatic carbocycles. The zero-order valence-corrected chi connectivity index (χ0v) is 15.5. The van der Waals surface area contributed by atoms with Crippen molar-refractivity contribution in [2.45, 2.75) is 32.1 Å². The Morgan fingerprint density at radius 1 is 1.11 bits per heavy atom. The van der Waals surface area contributed by atoms with Gasteiger partial charge in [0.2, 0.25) is 0 Å². The van der Waals surface area contributed by atoms with E-state index >= 15 is 0 Å². The number of ether oxygens (including phenoxy) is 2. The summed E-state index contributed by atoms with van der Waals surface area (Å²) in [5.41, 5.74) is 1.40. The first kappa shape index (κ1) is 19.1. The van der Waals surface area contributed by atoms with Crippen molar-refractivity contribution in [1.82, 2.24) is 0 Å². The highest BCUT2D eigenvalue weighted by Crippen LogP contribution is 2.36. The van der Waals surface area contributed by atoms with Gasteiger partial charge in [-0.05, 0) is 43.9 Å². The molecule has 0 N–H and O–H groups in total. The van der Waals surface area contributed by atoms with Gasteiger partial charge in [0.1, 0.15) is 6.61 Å². The molecule has 8 heteroatoms. The van der Waals surface area contributed by atoms with Gasteiger partial charge in [-0.3, -0.25) is 14.4 Å². The van der Waals surface area contributed by atoms with E-state index in [1.54, 1.807) is 0 Å². The smallest absolute Gasteiger partial charge is 0.339 e. The lowest BCUT2D eigenvalue weighted by molar-refractivity contribution is -0.141. The van der Waals surface area contributed by atoms with E-state index in [2.05, 4.69) is 4.74 Å². The number of methoxy groups -OCH3 is 1. The summed E-state index contributed by atoms with van der Waals surface area (Å²) in [6, 6.07) is 4.31. The topological polar surface area (TPSA) is 90.0 Å². The quantitative estimate of drug-likeness (QED) is 0.566. The number of carbonyl (C=O) groups is 4. The number of hydrogen-bond acceptors (Lipinski definition) is 6. The van der Waals surface area contributed by atoms with Gasteiger partial charge in [-0.1, -0.05) is 11.6 Å². The van der Waals surface area contributed by atoms with Crippen LogP contribution in [0.15, 0.2) is 29.3 Å². The summed E-state index contributed by atoms with van der Waals surface area (Å²) in [4.78, 5) is 49.7. The van der Waals surface area contributed by atoms with Crippen molar-refractivity contribution in [1.29, 1.82) is 0 Å². The maximum absolute atomic E-state index is 12.6. The number of rotatable bonds is 5. The fourth-order valence-electron chi connectivity index (χ4n) is 3.19. The van der Waals surface area contributed by atoms with E-state index in [4.69, 9.17) is 16.3 Å². The van der Waals surface area contributed by atoms with Crippen LogP contribution in [-0.2, 0) is 23.9 Å². The van der Waals surface area contributed by atoms with Crippen LogP contribution in [0, 0.1) is 0 Å². The van der Waals surface area contributed by atoms with Gasteiger partial charge in [-0.2, -0.15) is 0 Å². The van der Waals surface area contributed by atoms with E-state index in [0.29, 0.717) is 24.0 Å². The van der Waals surface area contributed by atoms with E-state index < -0.39 is 11.9 Å². The molecule has 0 radical (unpaired) electrons. The van der Waals surface area contributed by atoms with Gasteiger partial charge in [-0.15, -0.1) is 0 Å². The second-order valence-corrected chi connectivity index (χ2v) is 6.64. The third-order valence-corrected chi connectivity index (χ3v) is 4.91. The molecular weight excluding hydrogens is 374 g/mol. The maximum atomic E-state index is 12.6. The lowest BCUT2D eigenvalue weighted by Gasteiger charge is -2.16. The van der Waals surface area contributed by atoms with Crippen molar-refractivity contribution >= 4 is 41.0 Å². The van der Waals surface area contributed by atoms with Crippen LogP contribution < -0.4 is 4.90 Å². The SMILES string of the molecule is COC(=O)CCOC(=O)c1cc(N2C(=O)C3=C(CCCC3)C2=O)ccc1Cl. The second kappa shape index (κ2) is 7.92. The van der Waals surface area contributed by atoms with Crippen molar-refractivity contribution in [3.05, 3.63) is 39.9 Å². The number of amides is 2. The zero-order chi connectivity index (χ0) is 19.6. The third-order valence-electron chi connectivity index (χ3n) is 4.59. The summed E-state index contributed by atoms with van der Waals surface area (Å²) in [6.07, 6.45) is 2.85. The number of imide groups is 1. The molecule has 7 nitrogen and oxygen atoms in total. The van der Waals surface area contributed by atoms with Gasteiger partial charge in [0, 0.05) is 11.1 Å². The Hall–Kier alpha value is -2.67. The van der Waals surface area contributed by atoms with Crippen LogP contribution in [0.1, 0.15) is 42.5 Å². The van der Waals surface area contributed by atoms with Crippen molar-refractivity contribution in [3.63, 3.8) is 0 Å². The van der Waals surface area contributed by atoms with E-state index in [9.17, 15) is 19.2 Å². The Balaban J connectivity index is 1.80. The van der Waals surface area contributed by atoms with Crippen molar-refractivity contribution in [2.24, 2.45) is 0 Å². The molecule has 0 atom stereocenters. The molecule has 1 aliphatic carbocycles. The molecule has 0 unspecified atom stereocenters. The Morgan fingerprint density at radius 2 is 1.74 bits per heavy atom. The lowest BCUT2D eigenvalue weighted by Crippen LogP contribution is -2.31. The molecule has 0 bridgehead atoms. The van der Waals surface area contributed by atoms with Crippen molar-refractivity contribution < 1.29 is 28.7 Å². The van der Waals surface area contributed by atoms with E-state index in [-0.39, 0.29) is 41.1 Å². The Labute approximate surface area is 160 Å². The van der Waals surface area contributed by atoms with Gasteiger partial charge >= 0.3 is 11.9 Å². The fraction of sp³-hybridized carbons (Fsp3) is 0.368. The average molecular weight is 392 g/mol. The molecule has 27 heavy (non-hydrogen) atoms. The predicted octanol–water partition coefficient (Wildman–Crippen LogP) is 2.80. The minimum Gasteiger partial charge on any atom is -0.469 e. The van der Waals surface area contributed by atoms with Crippen LogP contribution in [0.25, 0.3) is 0 Å². The highest BCUT2D eigenvalue weighted by Gasteiger charge is 2.39. The molecule has 1 heterocycles. The first-order valence-corrected chi connectivity index (χ1v) is 8.96. The monoisotopic (exact) mass is 391 g/mol. The molecule has 0 aromatic heterocycles. The molecule has 0 spiro atoms. The molecule has 3 rings (SSSR count). The van der Waals surface area contributed by atoms with Crippen LogP contribution in [-0.4, -0.2) is 37.5 Å². The summed E-state index contributed by atoms with van der Waals surface area (Å²) in [5.74, 6) is -1.95. The minimum atomic E-state index is -0.748. The van der Waals surface area contributed by atoms with Crippen molar-refractivity contribution in [3.8, 4) is 0 Å². The molecule has 2 aliphatic rings. The van der Waals surface area contributed by atoms with Crippen molar-refractivity contribution in [2.75, 3.05) is 18.6 Å². The number of hydrogen-bond donors (Lipinski definition) is 0. The summed E-state index contributed by atoms with van der Waals surface area (Å²) >= 11 is 6.07. The summed E-state index contributed by atoms with van der Waals surface area (Å²) in [5, 5.41) is 0.124. The van der Waals surface area contributed by atoms with Gasteiger partial charge in [0.15, 0.2) is 0 Å². The molecule has 2 amide bonds. The Bertz CT molecular complexity index is 832. The van der Waals surface area contributed by atoms with Gasteiger partial charge in [0.05, 0.1) is 29.8 Å². The lowest BCUT2D eigenvalue weighted by atomic mass is 9.93. The van der Waals surface area contributed by atoms with E-state index in [0.717, 1.165) is 17.7 Å². The number of halogens is 1. The summed E-state index contributed by atoms with van der Waals surface area (Å²) in [7, 11) is 1.24. The summed E-state index contributed by atoms with van der Waals surface area (Å²) in [6.45, 7) is -0.163.